The van der Waals surface area contributed by atoms with Gasteiger partial charge in [0.25, 0.3) is 5.91 Å². The molecule has 0 saturated carbocycles. The molecule has 4 aromatic rings. The Morgan fingerprint density at radius 1 is 1.14 bits per heavy atom. The van der Waals surface area contributed by atoms with Gasteiger partial charge < -0.3 is 15.0 Å². The van der Waals surface area contributed by atoms with Gasteiger partial charge >= 0.3 is 0 Å². The predicted molar refractivity (Wildman–Crippen MR) is 115 cm³/mol. The van der Waals surface area contributed by atoms with E-state index in [1.165, 1.54) is 11.3 Å². The maximum absolute atomic E-state index is 12.6. The number of thiophene rings is 1. The van der Waals surface area contributed by atoms with E-state index in [0.717, 1.165) is 21.4 Å². The molecule has 0 bridgehead atoms. The Morgan fingerprint density at radius 2 is 1.93 bits per heavy atom. The number of nitrogens with one attached hydrogen (secondary N) is 1. The summed E-state index contributed by atoms with van der Waals surface area (Å²) in [5, 5.41) is 24.0. The summed E-state index contributed by atoms with van der Waals surface area (Å²) >= 11 is 1.45. The molecule has 29 heavy (non-hydrogen) atoms. The summed E-state index contributed by atoms with van der Waals surface area (Å²) in [6, 6.07) is 19.1. The molecule has 2 N–H and O–H groups in total. The number of anilines is 1. The molecular formula is C23H19N3O2S. The topological polar surface area (TPSA) is 78.0 Å². The normalized spacial score (nSPS) is 10.8. The molecule has 0 unspecified atom stereocenters. The third-order valence-corrected chi connectivity index (χ3v) is 5.74. The van der Waals surface area contributed by atoms with Crippen molar-refractivity contribution >= 4 is 33.7 Å². The van der Waals surface area contributed by atoms with Gasteiger partial charge in [0, 0.05) is 21.8 Å². The van der Waals surface area contributed by atoms with Crippen LogP contribution < -0.4 is 5.32 Å². The lowest BCUT2D eigenvalue weighted by molar-refractivity contribution is 0.103. The third kappa shape index (κ3) is 3.86. The first kappa shape index (κ1) is 18.8. The Labute approximate surface area is 172 Å². The van der Waals surface area contributed by atoms with Gasteiger partial charge in [-0.1, -0.05) is 30.3 Å². The van der Waals surface area contributed by atoms with Crippen LogP contribution in [0.1, 0.15) is 25.7 Å². The molecule has 0 aliphatic carbocycles. The minimum Gasteiger partial charge on any atom is -0.494 e. The lowest BCUT2D eigenvalue weighted by Crippen LogP contribution is -2.10. The highest BCUT2D eigenvalue weighted by Gasteiger charge is 2.15. The molecule has 0 radical (unpaired) electrons. The molecule has 0 fully saturated rings. The van der Waals surface area contributed by atoms with E-state index in [2.05, 4.69) is 11.4 Å². The van der Waals surface area contributed by atoms with Gasteiger partial charge in [0.1, 0.15) is 0 Å². The quantitative estimate of drug-likeness (QED) is 0.489. The molecule has 0 spiro atoms. The number of amides is 1. The number of aromatic hydroxyl groups is 1. The second-order valence-corrected chi connectivity index (χ2v) is 8.15. The summed E-state index contributed by atoms with van der Waals surface area (Å²) in [6.45, 7) is 2.43. The lowest BCUT2D eigenvalue weighted by Gasteiger charge is -2.06. The van der Waals surface area contributed by atoms with Crippen LogP contribution in [0.2, 0.25) is 0 Å². The standard InChI is InChI=1S/C23H19N3O2S/c1-15-8-9-21(29-15)22(27)25-20-7-3-6-18-19(20)14-26(23(18)28)13-17-5-2-4-16(12-17)10-11-24/h2-9,12,14,28H,10,13H2,1H3,(H,25,27). The molecule has 0 aliphatic rings. The van der Waals surface area contributed by atoms with E-state index in [9.17, 15) is 9.90 Å². The largest absolute Gasteiger partial charge is 0.494 e. The summed E-state index contributed by atoms with van der Waals surface area (Å²) in [6.07, 6.45) is 2.20. The van der Waals surface area contributed by atoms with Gasteiger partial charge in [-0.15, -0.1) is 11.3 Å². The molecule has 6 heteroatoms. The number of hydrogen-bond acceptors (Lipinski definition) is 4. The number of hydrogen-bond donors (Lipinski definition) is 2. The molecular weight excluding hydrogens is 382 g/mol. The summed E-state index contributed by atoms with van der Waals surface area (Å²) in [4.78, 5) is 14.3. The van der Waals surface area contributed by atoms with E-state index < -0.39 is 0 Å². The number of nitriles is 1. The summed E-state index contributed by atoms with van der Waals surface area (Å²) in [5.41, 5.74) is 2.60. The van der Waals surface area contributed by atoms with Crippen molar-refractivity contribution in [1.82, 2.24) is 4.57 Å². The van der Waals surface area contributed by atoms with Gasteiger partial charge in [-0.05, 0) is 42.3 Å². The lowest BCUT2D eigenvalue weighted by atomic mass is 10.1. The maximum atomic E-state index is 12.6. The van der Waals surface area contributed by atoms with E-state index >= 15 is 0 Å². The zero-order valence-corrected chi connectivity index (χ0v) is 16.7. The fraction of sp³-hybridized carbons (Fsp3) is 0.130. The third-order valence-electron chi connectivity index (χ3n) is 4.74. The van der Waals surface area contributed by atoms with Crippen molar-refractivity contribution in [3.05, 3.63) is 81.7 Å². The Hall–Kier alpha value is -3.56. The zero-order valence-electron chi connectivity index (χ0n) is 15.8. The van der Waals surface area contributed by atoms with Gasteiger partial charge in [0.15, 0.2) is 5.88 Å². The molecule has 2 aromatic carbocycles. The van der Waals surface area contributed by atoms with Crippen molar-refractivity contribution < 1.29 is 9.90 Å². The highest BCUT2D eigenvalue weighted by Crippen LogP contribution is 2.33. The average Bonchev–Trinajstić information content (AvgIpc) is 3.27. The second kappa shape index (κ2) is 7.82. The molecule has 4 rings (SSSR count). The smallest absolute Gasteiger partial charge is 0.265 e. The first-order chi connectivity index (χ1) is 14.0. The minimum atomic E-state index is -0.160. The van der Waals surface area contributed by atoms with Crippen LogP contribution in [-0.4, -0.2) is 15.6 Å². The van der Waals surface area contributed by atoms with Crippen LogP contribution in [0.3, 0.4) is 0 Å². The Balaban J connectivity index is 1.65. The average molecular weight is 401 g/mol. The van der Waals surface area contributed by atoms with Crippen molar-refractivity contribution in [1.29, 1.82) is 5.26 Å². The number of aromatic nitrogens is 1. The Bertz CT molecular complexity index is 1250. The van der Waals surface area contributed by atoms with Crippen molar-refractivity contribution in [2.75, 3.05) is 5.32 Å². The number of carbonyl (C=O) groups excluding carboxylic acids is 1. The number of aryl methyl sites for hydroxylation is 1. The van der Waals surface area contributed by atoms with Crippen LogP contribution >= 0.6 is 11.3 Å². The first-order valence-electron chi connectivity index (χ1n) is 9.18. The van der Waals surface area contributed by atoms with Gasteiger partial charge in [-0.3, -0.25) is 4.79 Å². The molecule has 1 amide bonds. The van der Waals surface area contributed by atoms with E-state index in [1.54, 1.807) is 4.57 Å². The summed E-state index contributed by atoms with van der Waals surface area (Å²) < 4.78 is 1.75. The maximum Gasteiger partial charge on any atom is 0.265 e. The molecule has 5 nitrogen and oxygen atoms in total. The molecule has 144 valence electrons. The number of carbonyl (C=O) groups is 1. The van der Waals surface area contributed by atoms with E-state index in [-0.39, 0.29) is 11.8 Å². The van der Waals surface area contributed by atoms with E-state index in [0.29, 0.717) is 28.9 Å². The molecule has 0 aliphatic heterocycles. The van der Waals surface area contributed by atoms with E-state index in [1.807, 2.05) is 67.7 Å². The first-order valence-corrected chi connectivity index (χ1v) is 10.00. The zero-order chi connectivity index (χ0) is 20.4. The predicted octanol–water partition coefficient (Wildman–Crippen LogP) is 5.08. The van der Waals surface area contributed by atoms with Gasteiger partial charge in [-0.25, -0.2) is 0 Å². The second-order valence-electron chi connectivity index (χ2n) is 6.87. The number of nitrogens with zero attached hydrogens (tertiary/aromatic N) is 2. The monoisotopic (exact) mass is 401 g/mol. The van der Waals surface area contributed by atoms with Gasteiger partial charge in [0.05, 0.1) is 29.6 Å². The Morgan fingerprint density at radius 3 is 2.69 bits per heavy atom. The van der Waals surface area contributed by atoms with Crippen LogP contribution in [0.25, 0.3) is 10.8 Å². The van der Waals surface area contributed by atoms with E-state index in [4.69, 9.17) is 5.26 Å². The van der Waals surface area contributed by atoms with Crippen molar-refractivity contribution in [3.63, 3.8) is 0 Å². The van der Waals surface area contributed by atoms with Crippen molar-refractivity contribution in [2.45, 2.75) is 19.9 Å². The fourth-order valence-corrected chi connectivity index (χ4v) is 4.13. The number of rotatable bonds is 5. The molecule has 0 saturated heterocycles. The van der Waals surface area contributed by atoms with Crippen LogP contribution in [0.5, 0.6) is 5.88 Å². The number of benzene rings is 2. The van der Waals surface area contributed by atoms with Crippen LogP contribution in [0.15, 0.2) is 60.8 Å². The number of fused-ring (bicyclic) bond motifs is 1. The van der Waals surface area contributed by atoms with Crippen LogP contribution in [0, 0.1) is 18.3 Å². The van der Waals surface area contributed by atoms with Crippen molar-refractivity contribution in [3.8, 4) is 11.9 Å². The molecule has 2 heterocycles. The highest BCUT2D eigenvalue weighted by atomic mass is 32.1. The minimum absolute atomic E-state index is 0.147. The highest BCUT2D eigenvalue weighted by molar-refractivity contribution is 7.14. The molecule has 2 aromatic heterocycles. The fourth-order valence-electron chi connectivity index (χ4n) is 3.37. The summed E-state index contributed by atoms with van der Waals surface area (Å²) in [7, 11) is 0. The van der Waals surface area contributed by atoms with Crippen LogP contribution in [0.4, 0.5) is 5.69 Å². The van der Waals surface area contributed by atoms with Crippen molar-refractivity contribution in [2.24, 2.45) is 0 Å². The Kier molecular flexibility index (Phi) is 5.07. The van der Waals surface area contributed by atoms with Gasteiger partial charge in [-0.2, -0.15) is 5.26 Å². The molecule has 0 atom stereocenters. The van der Waals surface area contributed by atoms with Crippen LogP contribution in [-0.2, 0) is 13.0 Å². The SMILES string of the molecule is Cc1ccc(C(=O)Nc2cccc3c(O)n(Cc4cccc(CC#N)c4)cc23)s1. The van der Waals surface area contributed by atoms with Gasteiger partial charge in [0.2, 0.25) is 0 Å². The summed E-state index contributed by atoms with van der Waals surface area (Å²) in [5.74, 6) is -0.0132.